The summed E-state index contributed by atoms with van der Waals surface area (Å²) >= 11 is 1.36. The molecular formula is C25H24N2O5S. The number of hydrogen-bond acceptors (Lipinski definition) is 7. The number of carbonyl (C=O) groups excluding carboxylic acids is 1. The highest BCUT2D eigenvalue weighted by molar-refractivity contribution is 7.13. The molecule has 0 aliphatic rings. The predicted octanol–water partition coefficient (Wildman–Crippen LogP) is 5.93. The largest absolute Gasteiger partial charge is 0.496 e. The average molecular weight is 465 g/mol. The van der Waals surface area contributed by atoms with Crippen molar-refractivity contribution in [3.8, 4) is 28.4 Å². The number of aryl methyl sites for hydroxylation is 1. The summed E-state index contributed by atoms with van der Waals surface area (Å²) in [7, 11) is 4.82. The van der Waals surface area contributed by atoms with Crippen molar-refractivity contribution in [2.24, 2.45) is 0 Å². The average Bonchev–Trinajstić information content (AvgIpc) is 3.48. The Balaban J connectivity index is 1.81. The van der Waals surface area contributed by atoms with Gasteiger partial charge in [-0.3, -0.25) is 10.1 Å². The van der Waals surface area contributed by atoms with Gasteiger partial charge in [-0.1, -0.05) is 6.07 Å². The maximum absolute atomic E-state index is 12.5. The van der Waals surface area contributed by atoms with Crippen LogP contribution in [0.15, 0.2) is 52.6 Å². The zero-order chi connectivity index (χ0) is 23.5. The zero-order valence-corrected chi connectivity index (χ0v) is 19.8. The van der Waals surface area contributed by atoms with E-state index in [0.717, 1.165) is 38.8 Å². The van der Waals surface area contributed by atoms with Crippen molar-refractivity contribution in [2.45, 2.75) is 13.8 Å². The second-order valence-corrected chi connectivity index (χ2v) is 8.23. The van der Waals surface area contributed by atoms with Gasteiger partial charge in [0.15, 0.2) is 16.6 Å². The minimum Gasteiger partial charge on any atom is -0.496 e. The third-order valence-electron chi connectivity index (χ3n) is 5.38. The van der Waals surface area contributed by atoms with Gasteiger partial charge in [0.1, 0.15) is 11.3 Å². The van der Waals surface area contributed by atoms with Gasteiger partial charge in [0.2, 0.25) is 5.91 Å². The number of amides is 1. The number of aromatic nitrogens is 1. The number of methoxy groups -OCH3 is 3. The van der Waals surface area contributed by atoms with Gasteiger partial charge in [0, 0.05) is 39.7 Å². The topological polar surface area (TPSA) is 82.8 Å². The molecule has 0 bridgehead atoms. The van der Waals surface area contributed by atoms with Crippen LogP contribution in [0.1, 0.15) is 18.1 Å². The second kappa shape index (κ2) is 9.38. The number of rotatable bonds is 7. The van der Waals surface area contributed by atoms with E-state index in [2.05, 4.69) is 10.3 Å². The molecule has 0 radical (unpaired) electrons. The number of hydrogen-bond donors (Lipinski definition) is 1. The number of nitrogens with one attached hydrogen (secondary N) is 1. The van der Waals surface area contributed by atoms with Crippen LogP contribution in [0.2, 0.25) is 0 Å². The number of fused-ring (bicyclic) bond motifs is 1. The van der Waals surface area contributed by atoms with Crippen LogP contribution in [0.3, 0.4) is 0 Å². The van der Waals surface area contributed by atoms with Crippen LogP contribution in [0.5, 0.6) is 17.2 Å². The molecule has 2 aromatic carbocycles. The Labute approximate surface area is 195 Å². The Morgan fingerprint density at radius 1 is 1.12 bits per heavy atom. The van der Waals surface area contributed by atoms with Crippen molar-refractivity contribution in [1.29, 1.82) is 0 Å². The summed E-state index contributed by atoms with van der Waals surface area (Å²) in [4.78, 5) is 16.6. The number of nitrogens with zero attached hydrogens (tertiary/aromatic N) is 1. The molecule has 0 saturated heterocycles. The Bertz CT molecular complexity index is 1340. The van der Waals surface area contributed by atoms with Gasteiger partial charge < -0.3 is 18.6 Å². The molecule has 170 valence electrons. The molecule has 33 heavy (non-hydrogen) atoms. The normalized spacial score (nSPS) is 11.5. The Hall–Kier alpha value is -3.78. The van der Waals surface area contributed by atoms with Gasteiger partial charge in [-0.25, -0.2) is 4.98 Å². The molecule has 1 N–H and O–H groups in total. The van der Waals surface area contributed by atoms with Crippen LogP contribution < -0.4 is 19.5 Å². The minimum absolute atomic E-state index is 0.255. The molecule has 0 spiro atoms. The Kier molecular flexibility index (Phi) is 6.37. The molecule has 0 aliphatic carbocycles. The van der Waals surface area contributed by atoms with E-state index < -0.39 is 0 Å². The smallest absolute Gasteiger partial charge is 0.250 e. The lowest BCUT2D eigenvalue weighted by Crippen LogP contribution is -2.08. The number of anilines is 1. The summed E-state index contributed by atoms with van der Waals surface area (Å²) < 4.78 is 22.4. The quantitative estimate of drug-likeness (QED) is 0.341. The summed E-state index contributed by atoms with van der Waals surface area (Å²) in [5, 5.41) is 6.04. The summed E-state index contributed by atoms with van der Waals surface area (Å²) in [5.74, 6) is 1.68. The van der Waals surface area contributed by atoms with Crippen molar-refractivity contribution >= 4 is 38.9 Å². The number of carbonyl (C=O) groups is 1. The summed E-state index contributed by atoms with van der Waals surface area (Å²) in [6.45, 7) is 3.82. The summed E-state index contributed by atoms with van der Waals surface area (Å²) in [6, 6.07) is 7.71. The molecule has 2 heterocycles. The Morgan fingerprint density at radius 2 is 1.91 bits per heavy atom. The van der Waals surface area contributed by atoms with Crippen molar-refractivity contribution in [2.75, 3.05) is 26.6 Å². The van der Waals surface area contributed by atoms with Crippen LogP contribution in [0.25, 0.3) is 27.7 Å². The van der Waals surface area contributed by atoms with Crippen LogP contribution >= 0.6 is 11.3 Å². The van der Waals surface area contributed by atoms with E-state index >= 15 is 0 Å². The first kappa shape index (κ1) is 22.4. The van der Waals surface area contributed by atoms with Crippen LogP contribution in [0.4, 0.5) is 5.13 Å². The highest BCUT2D eigenvalue weighted by Gasteiger charge is 2.19. The number of ether oxygens (including phenoxy) is 3. The van der Waals surface area contributed by atoms with E-state index in [9.17, 15) is 4.79 Å². The zero-order valence-electron chi connectivity index (χ0n) is 19.0. The molecule has 8 heteroatoms. The molecule has 0 saturated carbocycles. The van der Waals surface area contributed by atoms with Crippen molar-refractivity contribution < 1.29 is 23.4 Å². The maximum atomic E-state index is 12.5. The molecule has 2 aromatic heterocycles. The summed E-state index contributed by atoms with van der Waals surface area (Å²) in [5.41, 5.74) is 4.96. The first-order valence-corrected chi connectivity index (χ1v) is 11.0. The van der Waals surface area contributed by atoms with E-state index in [1.165, 1.54) is 11.3 Å². The van der Waals surface area contributed by atoms with E-state index in [0.29, 0.717) is 22.4 Å². The van der Waals surface area contributed by atoms with E-state index in [1.807, 2.05) is 38.1 Å². The number of allylic oxidation sites excluding steroid dienone is 1. The van der Waals surface area contributed by atoms with Gasteiger partial charge in [-0.05, 0) is 43.2 Å². The highest BCUT2D eigenvalue weighted by Crippen LogP contribution is 2.42. The van der Waals surface area contributed by atoms with Gasteiger partial charge in [0.25, 0.3) is 0 Å². The fourth-order valence-electron chi connectivity index (χ4n) is 3.80. The number of thiazole rings is 1. The van der Waals surface area contributed by atoms with Gasteiger partial charge >= 0.3 is 0 Å². The molecule has 4 rings (SSSR count). The molecule has 0 atom stereocenters. The van der Waals surface area contributed by atoms with E-state index in [-0.39, 0.29) is 5.91 Å². The van der Waals surface area contributed by atoms with Crippen molar-refractivity contribution in [3.05, 3.63) is 59.3 Å². The molecule has 0 fully saturated rings. The lowest BCUT2D eigenvalue weighted by molar-refractivity contribution is -0.111. The van der Waals surface area contributed by atoms with Gasteiger partial charge in [0.05, 0.1) is 27.6 Å². The van der Waals surface area contributed by atoms with Crippen molar-refractivity contribution in [1.82, 2.24) is 4.98 Å². The number of benzene rings is 2. The lowest BCUT2D eigenvalue weighted by Gasteiger charge is -2.13. The standard InChI is InChI=1S/C25H24N2O5S/c1-14(10-22(28)27-25-26-8-9-33-25)17-12-18-19(13-32-24(18)15(2)23(17)31-5)16-6-7-20(29-3)21(11-16)30-4/h6-13H,1-5H3,(H,26,27,28)/b14-10+. The molecule has 0 aliphatic heterocycles. The van der Waals surface area contributed by atoms with Crippen LogP contribution in [-0.4, -0.2) is 32.2 Å². The van der Waals surface area contributed by atoms with Gasteiger partial charge in [-0.15, -0.1) is 11.3 Å². The monoisotopic (exact) mass is 464 g/mol. The SMILES string of the molecule is COc1ccc(-c2coc3c(C)c(OC)c(/C(C)=C/C(=O)Nc4nccs4)cc23)cc1OC. The van der Waals surface area contributed by atoms with Gasteiger partial charge in [-0.2, -0.15) is 0 Å². The fraction of sp³-hybridized carbons (Fsp3) is 0.200. The van der Waals surface area contributed by atoms with Crippen LogP contribution in [-0.2, 0) is 4.79 Å². The van der Waals surface area contributed by atoms with E-state index in [1.54, 1.807) is 45.2 Å². The third-order valence-corrected chi connectivity index (χ3v) is 6.07. The van der Waals surface area contributed by atoms with E-state index in [4.69, 9.17) is 18.6 Å². The number of furan rings is 1. The molecule has 1 amide bonds. The van der Waals surface area contributed by atoms with Crippen molar-refractivity contribution in [3.63, 3.8) is 0 Å². The highest BCUT2D eigenvalue weighted by atomic mass is 32.1. The molecular weight excluding hydrogens is 440 g/mol. The fourth-order valence-corrected chi connectivity index (χ4v) is 4.33. The first-order valence-electron chi connectivity index (χ1n) is 10.2. The van der Waals surface area contributed by atoms with Crippen LogP contribution in [0, 0.1) is 6.92 Å². The second-order valence-electron chi connectivity index (χ2n) is 7.33. The Morgan fingerprint density at radius 3 is 2.58 bits per heavy atom. The lowest BCUT2D eigenvalue weighted by atomic mass is 9.96. The minimum atomic E-state index is -0.255. The third kappa shape index (κ3) is 4.29. The summed E-state index contributed by atoms with van der Waals surface area (Å²) in [6.07, 6.45) is 4.91. The predicted molar refractivity (Wildman–Crippen MR) is 130 cm³/mol. The molecule has 7 nitrogen and oxygen atoms in total. The first-order chi connectivity index (χ1) is 16.0. The molecule has 0 unspecified atom stereocenters. The molecule has 4 aromatic rings. The maximum Gasteiger partial charge on any atom is 0.250 e.